The predicted octanol–water partition coefficient (Wildman–Crippen LogP) is 2.78. The van der Waals surface area contributed by atoms with Gasteiger partial charge in [-0.3, -0.25) is 14.0 Å². The fourth-order valence-corrected chi connectivity index (χ4v) is 3.18. The summed E-state index contributed by atoms with van der Waals surface area (Å²) in [6.45, 7) is 0. The number of benzene rings is 1. The number of carboxylic acid groups (broad SMARTS) is 1. The molecule has 1 unspecified atom stereocenters. The lowest BCUT2D eigenvalue weighted by Crippen LogP contribution is -2.01. The summed E-state index contributed by atoms with van der Waals surface area (Å²) < 4.78 is 13.1. The van der Waals surface area contributed by atoms with E-state index in [-0.39, 0.29) is 6.42 Å². The number of hydrogen-bond donors (Lipinski definition) is 1. The Balaban J connectivity index is 2.07. The van der Waals surface area contributed by atoms with Crippen molar-refractivity contribution in [3.63, 3.8) is 0 Å². The maximum Gasteiger partial charge on any atom is 0.307 e. The summed E-state index contributed by atoms with van der Waals surface area (Å²) in [5.41, 5.74) is 1.58. The van der Waals surface area contributed by atoms with E-state index in [1.165, 1.54) is 0 Å². The van der Waals surface area contributed by atoms with Crippen molar-refractivity contribution in [3.8, 4) is 0 Å². The van der Waals surface area contributed by atoms with E-state index in [1.807, 2.05) is 6.07 Å². The summed E-state index contributed by atoms with van der Waals surface area (Å²) in [6, 6.07) is 8.68. The molecule has 1 heterocycles. The first-order chi connectivity index (χ1) is 9.54. The molecule has 2 rings (SSSR count). The highest BCUT2D eigenvalue weighted by Crippen LogP contribution is 2.16. The molecule has 0 aliphatic heterocycles. The highest BCUT2D eigenvalue weighted by Gasteiger charge is 2.07. The third-order valence-corrected chi connectivity index (χ3v) is 4.43. The highest BCUT2D eigenvalue weighted by molar-refractivity contribution is 9.10. The minimum absolute atomic E-state index is 0.0253. The van der Waals surface area contributed by atoms with Gasteiger partial charge in [-0.2, -0.15) is 0 Å². The third-order valence-electron chi connectivity index (χ3n) is 2.60. The van der Waals surface area contributed by atoms with Gasteiger partial charge < -0.3 is 5.11 Å². The molecule has 104 valence electrons. The average molecular weight is 354 g/mol. The first-order valence-corrected chi connectivity index (χ1v) is 7.94. The molecule has 0 aliphatic rings. The number of rotatable bonds is 5. The molecule has 0 amide bonds. The first-order valence-electron chi connectivity index (χ1n) is 5.83. The quantitative estimate of drug-likeness (QED) is 0.897. The fourth-order valence-electron chi connectivity index (χ4n) is 1.70. The highest BCUT2D eigenvalue weighted by atomic mass is 79.9. The molecule has 1 atom stereocenters. The minimum atomic E-state index is -1.17. The standard InChI is InChI=1S/C14H12BrNO3S/c15-12-5-11(7-16-8-12)9-20(19)13-3-1-10(2-4-13)6-14(17)18/h1-5,7-8H,6,9H2,(H,17,18). The van der Waals surface area contributed by atoms with Gasteiger partial charge >= 0.3 is 5.97 Å². The summed E-state index contributed by atoms with van der Waals surface area (Å²) >= 11 is 3.32. The van der Waals surface area contributed by atoms with Crippen LogP contribution in [0, 0.1) is 0 Å². The normalized spacial score (nSPS) is 12.1. The van der Waals surface area contributed by atoms with Crippen LogP contribution >= 0.6 is 15.9 Å². The number of nitrogens with zero attached hydrogens (tertiary/aromatic N) is 1. The fraction of sp³-hybridized carbons (Fsp3) is 0.143. The Hall–Kier alpha value is -1.53. The van der Waals surface area contributed by atoms with Crippen LogP contribution in [0.15, 0.2) is 52.1 Å². The maximum atomic E-state index is 12.2. The molecule has 1 aromatic carbocycles. The van der Waals surface area contributed by atoms with Crippen molar-refractivity contribution >= 4 is 32.7 Å². The van der Waals surface area contributed by atoms with Gasteiger partial charge in [0.25, 0.3) is 0 Å². The Morgan fingerprint density at radius 1 is 1.20 bits per heavy atom. The monoisotopic (exact) mass is 353 g/mol. The first kappa shape index (κ1) is 14.9. The van der Waals surface area contributed by atoms with Gasteiger partial charge in [0, 0.05) is 21.8 Å². The van der Waals surface area contributed by atoms with Crippen LogP contribution in [0.2, 0.25) is 0 Å². The SMILES string of the molecule is O=C(O)Cc1ccc(S(=O)Cc2cncc(Br)c2)cc1. The van der Waals surface area contributed by atoms with Gasteiger partial charge in [-0.25, -0.2) is 0 Å². The number of aliphatic carboxylic acids is 1. The molecule has 1 aromatic heterocycles. The lowest BCUT2D eigenvalue weighted by molar-refractivity contribution is -0.136. The van der Waals surface area contributed by atoms with Gasteiger partial charge in [-0.15, -0.1) is 0 Å². The molecule has 6 heteroatoms. The van der Waals surface area contributed by atoms with Gasteiger partial charge in [0.15, 0.2) is 0 Å². The van der Waals surface area contributed by atoms with Gasteiger partial charge in [0.2, 0.25) is 0 Å². The summed E-state index contributed by atoms with van der Waals surface area (Å²) in [4.78, 5) is 15.3. The van der Waals surface area contributed by atoms with E-state index in [0.717, 1.165) is 10.0 Å². The molecule has 1 N–H and O–H groups in total. The molecule has 0 aliphatic carbocycles. The van der Waals surface area contributed by atoms with Crippen molar-refractivity contribution in [2.24, 2.45) is 0 Å². The van der Waals surface area contributed by atoms with Crippen LogP contribution in [0.4, 0.5) is 0 Å². The number of aromatic nitrogens is 1. The molecule has 20 heavy (non-hydrogen) atoms. The lowest BCUT2D eigenvalue weighted by Gasteiger charge is -2.04. The van der Waals surface area contributed by atoms with E-state index >= 15 is 0 Å². The number of pyridine rings is 1. The molecular weight excluding hydrogens is 342 g/mol. The number of halogens is 1. The Morgan fingerprint density at radius 2 is 1.90 bits per heavy atom. The molecule has 4 nitrogen and oxygen atoms in total. The van der Waals surface area contributed by atoms with E-state index in [4.69, 9.17) is 5.11 Å². The van der Waals surface area contributed by atoms with E-state index in [2.05, 4.69) is 20.9 Å². The number of carboxylic acids is 1. The number of carbonyl (C=O) groups is 1. The van der Waals surface area contributed by atoms with Crippen molar-refractivity contribution < 1.29 is 14.1 Å². The second-order valence-corrected chi connectivity index (χ2v) is 6.58. The van der Waals surface area contributed by atoms with Gasteiger partial charge in [0.1, 0.15) is 0 Å². The zero-order valence-electron chi connectivity index (χ0n) is 10.5. The minimum Gasteiger partial charge on any atom is -0.481 e. The van der Waals surface area contributed by atoms with E-state index < -0.39 is 16.8 Å². The molecule has 2 aromatic rings. The third kappa shape index (κ3) is 4.25. The molecule has 0 radical (unpaired) electrons. The zero-order chi connectivity index (χ0) is 14.5. The van der Waals surface area contributed by atoms with Gasteiger partial charge in [-0.05, 0) is 45.3 Å². The van der Waals surface area contributed by atoms with E-state index in [0.29, 0.717) is 16.2 Å². The Bertz CT molecular complexity index is 643. The van der Waals surface area contributed by atoms with Crippen molar-refractivity contribution in [2.75, 3.05) is 0 Å². The lowest BCUT2D eigenvalue weighted by atomic mass is 10.2. The molecule has 0 fully saturated rings. The van der Waals surface area contributed by atoms with Crippen molar-refractivity contribution in [3.05, 3.63) is 58.3 Å². The van der Waals surface area contributed by atoms with Crippen LogP contribution in [-0.2, 0) is 27.8 Å². The van der Waals surface area contributed by atoms with Crippen LogP contribution in [-0.4, -0.2) is 20.3 Å². The van der Waals surface area contributed by atoms with Gasteiger partial charge in [-0.1, -0.05) is 12.1 Å². The second-order valence-electron chi connectivity index (χ2n) is 4.22. The summed E-state index contributed by atoms with van der Waals surface area (Å²) in [5, 5.41) is 8.69. The largest absolute Gasteiger partial charge is 0.481 e. The summed E-state index contributed by atoms with van der Waals surface area (Å²) in [6.07, 6.45) is 3.33. The Kier molecular flexibility index (Phi) is 5.03. The van der Waals surface area contributed by atoms with E-state index in [1.54, 1.807) is 36.7 Å². The average Bonchev–Trinajstić information content (AvgIpc) is 2.38. The van der Waals surface area contributed by atoms with Crippen LogP contribution in [0.25, 0.3) is 0 Å². The van der Waals surface area contributed by atoms with Crippen LogP contribution < -0.4 is 0 Å². The van der Waals surface area contributed by atoms with Crippen molar-refractivity contribution in [1.29, 1.82) is 0 Å². The second kappa shape index (κ2) is 6.76. The van der Waals surface area contributed by atoms with Crippen LogP contribution in [0.5, 0.6) is 0 Å². The van der Waals surface area contributed by atoms with Crippen molar-refractivity contribution in [1.82, 2.24) is 4.98 Å². The van der Waals surface area contributed by atoms with Gasteiger partial charge in [0.05, 0.1) is 23.0 Å². The molecule has 0 bridgehead atoms. The summed E-state index contributed by atoms with van der Waals surface area (Å²) in [5.74, 6) is -0.496. The number of hydrogen-bond acceptors (Lipinski definition) is 3. The smallest absolute Gasteiger partial charge is 0.307 e. The molecular formula is C14H12BrNO3S. The van der Waals surface area contributed by atoms with Crippen molar-refractivity contribution in [2.45, 2.75) is 17.1 Å². The Labute approximate surface area is 127 Å². The van der Waals surface area contributed by atoms with Crippen LogP contribution in [0.3, 0.4) is 0 Å². The van der Waals surface area contributed by atoms with Crippen LogP contribution in [0.1, 0.15) is 11.1 Å². The van der Waals surface area contributed by atoms with E-state index in [9.17, 15) is 9.00 Å². The maximum absolute atomic E-state index is 12.2. The predicted molar refractivity (Wildman–Crippen MR) is 79.8 cm³/mol. The molecule has 0 saturated heterocycles. The Morgan fingerprint density at radius 3 is 2.50 bits per heavy atom. The summed E-state index contributed by atoms with van der Waals surface area (Å²) in [7, 11) is -1.17. The molecule has 0 saturated carbocycles. The molecule has 0 spiro atoms. The topological polar surface area (TPSA) is 67.3 Å². The zero-order valence-corrected chi connectivity index (χ0v) is 12.9.